The lowest BCUT2D eigenvalue weighted by Gasteiger charge is -2.14. The van der Waals surface area contributed by atoms with Crippen molar-refractivity contribution in [3.05, 3.63) is 70.3 Å². The van der Waals surface area contributed by atoms with Crippen LogP contribution in [0, 0.1) is 25.5 Å². The van der Waals surface area contributed by atoms with Crippen LogP contribution in [0.4, 0.5) is 8.78 Å². The van der Waals surface area contributed by atoms with Crippen LogP contribution in [-0.4, -0.2) is 5.11 Å². The second-order valence-corrected chi connectivity index (χ2v) is 4.42. The van der Waals surface area contributed by atoms with Crippen molar-refractivity contribution in [1.82, 2.24) is 0 Å². The Balaban J connectivity index is 2.39. The van der Waals surface area contributed by atoms with Crippen LogP contribution >= 0.6 is 0 Å². The third-order valence-corrected chi connectivity index (χ3v) is 2.96. The van der Waals surface area contributed by atoms with Gasteiger partial charge < -0.3 is 5.11 Å². The number of halogens is 2. The van der Waals surface area contributed by atoms with E-state index in [1.165, 1.54) is 24.3 Å². The molecule has 0 aliphatic rings. The summed E-state index contributed by atoms with van der Waals surface area (Å²) in [6.45, 7) is 3.31. The molecule has 2 aromatic carbocycles. The Bertz CT molecular complexity index is 538. The maximum Gasteiger partial charge on any atom is 0.129 e. The number of hydrogen-bond donors (Lipinski definition) is 1. The molecule has 18 heavy (non-hydrogen) atoms. The molecule has 1 atom stereocenters. The molecule has 0 saturated heterocycles. The molecule has 0 spiro atoms. The Morgan fingerprint density at radius 3 is 1.89 bits per heavy atom. The zero-order chi connectivity index (χ0) is 13.3. The maximum absolute atomic E-state index is 13.5. The van der Waals surface area contributed by atoms with Crippen LogP contribution in [0.5, 0.6) is 0 Å². The Labute approximate surface area is 105 Å². The summed E-state index contributed by atoms with van der Waals surface area (Å²) in [4.78, 5) is 0. The average molecular weight is 248 g/mol. The molecule has 0 aromatic heterocycles. The van der Waals surface area contributed by atoms with E-state index in [4.69, 9.17) is 0 Å². The molecule has 3 heteroatoms. The van der Waals surface area contributed by atoms with E-state index in [-0.39, 0.29) is 11.6 Å². The molecular formula is C15H14F2O. The molecule has 1 nitrogen and oxygen atoms in total. The number of aliphatic hydroxyl groups is 1. The van der Waals surface area contributed by atoms with Crippen LogP contribution in [0.2, 0.25) is 0 Å². The van der Waals surface area contributed by atoms with Gasteiger partial charge in [0.05, 0.1) is 0 Å². The fourth-order valence-electron chi connectivity index (χ4n) is 1.97. The molecule has 0 amide bonds. The summed E-state index contributed by atoms with van der Waals surface area (Å²) in [5, 5.41) is 10.2. The molecule has 0 radical (unpaired) electrons. The lowest BCUT2D eigenvalue weighted by Crippen LogP contribution is -2.02. The van der Waals surface area contributed by atoms with Crippen molar-refractivity contribution < 1.29 is 13.9 Å². The second kappa shape index (κ2) is 4.86. The van der Waals surface area contributed by atoms with Crippen LogP contribution in [0.3, 0.4) is 0 Å². The van der Waals surface area contributed by atoms with Crippen molar-refractivity contribution in [2.24, 2.45) is 0 Å². The monoisotopic (exact) mass is 248 g/mol. The first-order valence-corrected chi connectivity index (χ1v) is 5.69. The minimum Gasteiger partial charge on any atom is -0.384 e. The SMILES string of the molecule is Cc1cc(C(O)c2ccc(F)cc2)cc(C)c1F. The predicted octanol–water partition coefficient (Wildman–Crippen LogP) is 3.66. The molecule has 94 valence electrons. The first-order valence-electron chi connectivity index (χ1n) is 5.69. The van der Waals surface area contributed by atoms with Crippen LogP contribution in [0.15, 0.2) is 36.4 Å². The average Bonchev–Trinajstić information content (AvgIpc) is 2.35. The third kappa shape index (κ3) is 2.41. The Morgan fingerprint density at radius 1 is 0.889 bits per heavy atom. The van der Waals surface area contributed by atoms with Gasteiger partial charge in [0, 0.05) is 0 Å². The van der Waals surface area contributed by atoms with Gasteiger partial charge in [-0.25, -0.2) is 8.78 Å². The number of rotatable bonds is 2. The zero-order valence-corrected chi connectivity index (χ0v) is 10.2. The molecule has 0 saturated carbocycles. The van der Waals surface area contributed by atoms with Crippen LogP contribution < -0.4 is 0 Å². The van der Waals surface area contributed by atoms with E-state index in [0.717, 1.165) is 0 Å². The van der Waals surface area contributed by atoms with Crippen molar-refractivity contribution in [3.63, 3.8) is 0 Å². The lowest BCUT2D eigenvalue weighted by atomic mass is 9.97. The number of benzene rings is 2. The normalized spacial score (nSPS) is 12.5. The highest BCUT2D eigenvalue weighted by molar-refractivity contribution is 5.36. The van der Waals surface area contributed by atoms with Crippen molar-refractivity contribution in [3.8, 4) is 0 Å². The number of aryl methyl sites for hydroxylation is 2. The summed E-state index contributed by atoms with van der Waals surface area (Å²) < 4.78 is 26.3. The summed E-state index contributed by atoms with van der Waals surface area (Å²) in [6, 6.07) is 8.85. The Hall–Kier alpha value is -1.74. The van der Waals surface area contributed by atoms with E-state index in [1.807, 2.05) is 0 Å². The first-order chi connectivity index (χ1) is 8.49. The molecule has 0 aliphatic heterocycles. The van der Waals surface area contributed by atoms with Gasteiger partial charge in [0.2, 0.25) is 0 Å². The van der Waals surface area contributed by atoms with Gasteiger partial charge in [-0.15, -0.1) is 0 Å². The van der Waals surface area contributed by atoms with Crippen molar-refractivity contribution in [1.29, 1.82) is 0 Å². The van der Waals surface area contributed by atoms with Crippen LogP contribution in [0.25, 0.3) is 0 Å². The van der Waals surface area contributed by atoms with E-state index in [1.54, 1.807) is 26.0 Å². The zero-order valence-electron chi connectivity index (χ0n) is 10.2. The van der Waals surface area contributed by atoms with Crippen molar-refractivity contribution in [2.45, 2.75) is 20.0 Å². The topological polar surface area (TPSA) is 20.2 Å². The maximum atomic E-state index is 13.5. The summed E-state index contributed by atoms with van der Waals surface area (Å²) >= 11 is 0. The fourth-order valence-corrected chi connectivity index (χ4v) is 1.97. The minimum atomic E-state index is -0.872. The predicted molar refractivity (Wildman–Crippen MR) is 66.3 cm³/mol. The highest BCUT2D eigenvalue weighted by Gasteiger charge is 2.13. The molecule has 2 rings (SSSR count). The van der Waals surface area contributed by atoms with Gasteiger partial charge in [0.15, 0.2) is 0 Å². The third-order valence-electron chi connectivity index (χ3n) is 2.96. The summed E-state index contributed by atoms with van der Waals surface area (Å²) in [6.07, 6.45) is -0.872. The minimum absolute atomic E-state index is 0.259. The van der Waals surface area contributed by atoms with Crippen LogP contribution in [0.1, 0.15) is 28.4 Å². The van der Waals surface area contributed by atoms with Gasteiger partial charge in [0.1, 0.15) is 17.7 Å². The lowest BCUT2D eigenvalue weighted by molar-refractivity contribution is 0.220. The van der Waals surface area contributed by atoms with E-state index >= 15 is 0 Å². The molecule has 1 N–H and O–H groups in total. The van der Waals surface area contributed by atoms with Gasteiger partial charge >= 0.3 is 0 Å². The fraction of sp³-hybridized carbons (Fsp3) is 0.200. The summed E-state index contributed by atoms with van der Waals surface area (Å²) in [5.41, 5.74) is 2.18. The van der Waals surface area contributed by atoms with E-state index in [9.17, 15) is 13.9 Å². The van der Waals surface area contributed by atoms with Crippen molar-refractivity contribution in [2.75, 3.05) is 0 Å². The van der Waals surface area contributed by atoms with Gasteiger partial charge in [-0.3, -0.25) is 0 Å². The van der Waals surface area contributed by atoms with E-state index < -0.39 is 6.10 Å². The van der Waals surface area contributed by atoms with Gasteiger partial charge in [0.25, 0.3) is 0 Å². The molecular weight excluding hydrogens is 234 g/mol. The van der Waals surface area contributed by atoms with Gasteiger partial charge in [-0.05, 0) is 48.2 Å². The standard InChI is InChI=1S/C15H14F2O/c1-9-7-12(8-10(2)14(9)17)15(18)11-3-5-13(16)6-4-11/h3-8,15,18H,1-2H3. The van der Waals surface area contributed by atoms with E-state index in [0.29, 0.717) is 22.3 Å². The Morgan fingerprint density at radius 2 is 1.39 bits per heavy atom. The number of hydrogen-bond acceptors (Lipinski definition) is 1. The summed E-state index contributed by atoms with van der Waals surface area (Å²) in [5.74, 6) is -0.609. The largest absolute Gasteiger partial charge is 0.384 e. The Kier molecular flexibility index (Phi) is 3.43. The van der Waals surface area contributed by atoms with Crippen molar-refractivity contribution >= 4 is 0 Å². The molecule has 0 bridgehead atoms. The molecule has 0 heterocycles. The molecule has 2 aromatic rings. The van der Waals surface area contributed by atoms with Crippen LogP contribution in [-0.2, 0) is 0 Å². The first kappa shape index (κ1) is 12.7. The molecule has 0 fully saturated rings. The highest BCUT2D eigenvalue weighted by Crippen LogP contribution is 2.25. The number of aliphatic hydroxyl groups excluding tert-OH is 1. The quantitative estimate of drug-likeness (QED) is 0.859. The summed E-state index contributed by atoms with van der Waals surface area (Å²) in [7, 11) is 0. The van der Waals surface area contributed by atoms with Gasteiger partial charge in [-0.2, -0.15) is 0 Å². The smallest absolute Gasteiger partial charge is 0.129 e. The van der Waals surface area contributed by atoms with E-state index in [2.05, 4.69) is 0 Å². The highest BCUT2D eigenvalue weighted by atomic mass is 19.1. The van der Waals surface area contributed by atoms with Gasteiger partial charge in [-0.1, -0.05) is 24.3 Å². The molecule has 0 aliphatic carbocycles. The molecule has 1 unspecified atom stereocenters. The second-order valence-electron chi connectivity index (χ2n) is 4.42.